The molecule has 0 saturated carbocycles. The molecule has 1 aromatic heterocycles. The van der Waals surface area contributed by atoms with Crippen LogP contribution in [0.3, 0.4) is 0 Å². The molecule has 0 aliphatic carbocycles. The van der Waals surface area contributed by atoms with E-state index in [1.807, 2.05) is 6.92 Å². The number of carbonyl (C=O) groups is 2. The number of likely N-dealkylation sites (tertiary alicyclic amines) is 1. The predicted molar refractivity (Wildman–Crippen MR) is 149 cm³/mol. The van der Waals surface area contributed by atoms with Gasteiger partial charge in [0, 0.05) is 24.7 Å². The van der Waals surface area contributed by atoms with Crippen molar-refractivity contribution < 1.29 is 22.4 Å². The molecule has 0 unspecified atom stereocenters. The summed E-state index contributed by atoms with van der Waals surface area (Å²) in [5.41, 5.74) is 3.96. The van der Waals surface area contributed by atoms with Crippen molar-refractivity contribution >= 4 is 39.7 Å². The summed E-state index contributed by atoms with van der Waals surface area (Å²) in [5.74, 6) is -0.730. The number of carbonyl (C=O) groups excluding carboxylic acids is 2. The van der Waals surface area contributed by atoms with Crippen LogP contribution in [0.2, 0.25) is 5.02 Å². The Morgan fingerprint density at radius 2 is 1.64 bits per heavy atom. The molecule has 1 saturated heterocycles. The van der Waals surface area contributed by atoms with E-state index < -0.39 is 21.8 Å². The smallest absolute Gasteiger partial charge is 0.329 e. The third-order valence-electron chi connectivity index (χ3n) is 6.39. The van der Waals surface area contributed by atoms with E-state index in [0.717, 1.165) is 36.8 Å². The molecule has 4 rings (SSSR count). The SMILES string of the molecule is Cc1ccc(S(=O)(=O)N(Cc2ccc(Cl)cc2)Cc2ccc(/C=N/NC(=O)C(=O)N3CCCCCC3)o2)cc1. The zero-order chi connectivity index (χ0) is 27.8. The first-order chi connectivity index (χ1) is 18.7. The normalized spacial score (nSPS) is 14.5. The Labute approximate surface area is 233 Å². The molecule has 1 fully saturated rings. The van der Waals surface area contributed by atoms with Crippen LogP contribution >= 0.6 is 11.6 Å². The Hall–Kier alpha value is -3.47. The molecule has 11 heteroatoms. The van der Waals surface area contributed by atoms with Crippen LogP contribution in [0.5, 0.6) is 0 Å². The van der Waals surface area contributed by atoms with Gasteiger partial charge in [-0.25, -0.2) is 13.8 Å². The first-order valence-corrected chi connectivity index (χ1v) is 14.6. The summed E-state index contributed by atoms with van der Waals surface area (Å²) in [7, 11) is -3.86. The molecular weight excluding hydrogens is 540 g/mol. The summed E-state index contributed by atoms with van der Waals surface area (Å²) < 4.78 is 34.2. The van der Waals surface area contributed by atoms with Crippen LogP contribution in [0.1, 0.15) is 48.3 Å². The summed E-state index contributed by atoms with van der Waals surface area (Å²) in [4.78, 5) is 26.3. The zero-order valence-electron chi connectivity index (χ0n) is 21.7. The molecule has 9 nitrogen and oxygen atoms in total. The minimum atomic E-state index is -3.86. The van der Waals surface area contributed by atoms with Gasteiger partial charge in [0.1, 0.15) is 11.5 Å². The van der Waals surface area contributed by atoms with Crippen molar-refractivity contribution in [2.75, 3.05) is 13.1 Å². The van der Waals surface area contributed by atoms with E-state index >= 15 is 0 Å². The predicted octanol–water partition coefficient (Wildman–Crippen LogP) is 4.49. The van der Waals surface area contributed by atoms with Gasteiger partial charge in [-0.1, -0.05) is 54.3 Å². The third kappa shape index (κ3) is 7.78. The Kier molecular flexibility index (Phi) is 9.55. The number of hydrogen-bond donors (Lipinski definition) is 1. The highest BCUT2D eigenvalue weighted by atomic mass is 35.5. The number of halogens is 1. The van der Waals surface area contributed by atoms with Gasteiger partial charge in [-0.3, -0.25) is 9.59 Å². The lowest BCUT2D eigenvalue weighted by Crippen LogP contribution is -2.41. The number of hydrogen-bond acceptors (Lipinski definition) is 6. The highest BCUT2D eigenvalue weighted by Gasteiger charge is 2.26. The molecule has 2 aromatic carbocycles. The Morgan fingerprint density at radius 1 is 0.974 bits per heavy atom. The fourth-order valence-corrected chi connectivity index (χ4v) is 5.74. The zero-order valence-corrected chi connectivity index (χ0v) is 23.2. The molecule has 0 atom stereocenters. The molecule has 1 aliphatic heterocycles. The molecule has 206 valence electrons. The fraction of sp³-hybridized carbons (Fsp3) is 0.321. The lowest BCUT2D eigenvalue weighted by atomic mass is 10.2. The van der Waals surface area contributed by atoms with E-state index in [1.54, 1.807) is 65.6 Å². The van der Waals surface area contributed by atoms with Crippen molar-refractivity contribution in [1.29, 1.82) is 0 Å². The lowest BCUT2D eigenvalue weighted by molar-refractivity contribution is -0.145. The number of furan rings is 1. The summed E-state index contributed by atoms with van der Waals surface area (Å²) in [6.07, 6.45) is 5.13. The minimum absolute atomic E-state index is 0.0352. The van der Waals surface area contributed by atoms with Crippen molar-refractivity contribution in [3.63, 3.8) is 0 Å². The van der Waals surface area contributed by atoms with E-state index in [4.69, 9.17) is 16.0 Å². The van der Waals surface area contributed by atoms with Crippen LogP contribution in [-0.2, 0) is 32.7 Å². The van der Waals surface area contributed by atoms with Crippen LogP contribution in [0.25, 0.3) is 0 Å². The van der Waals surface area contributed by atoms with Crippen LogP contribution in [0, 0.1) is 6.92 Å². The van der Waals surface area contributed by atoms with Gasteiger partial charge < -0.3 is 9.32 Å². The van der Waals surface area contributed by atoms with Gasteiger partial charge in [0.05, 0.1) is 17.7 Å². The van der Waals surface area contributed by atoms with E-state index in [1.165, 1.54) is 10.5 Å². The van der Waals surface area contributed by atoms with Crippen LogP contribution < -0.4 is 5.43 Å². The van der Waals surface area contributed by atoms with E-state index in [-0.39, 0.29) is 18.0 Å². The summed E-state index contributed by atoms with van der Waals surface area (Å²) in [6, 6.07) is 16.9. The van der Waals surface area contributed by atoms with E-state index in [0.29, 0.717) is 29.6 Å². The molecule has 1 aliphatic rings. The number of aryl methyl sites for hydroxylation is 1. The van der Waals surface area contributed by atoms with E-state index in [9.17, 15) is 18.0 Å². The van der Waals surface area contributed by atoms with Crippen molar-refractivity contribution in [2.45, 2.75) is 50.6 Å². The molecule has 3 aromatic rings. The average molecular weight is 571 g/mol. The highest BCUT2D eigenvalue weighted by molar-refractivity contribution is 7.89. The Balaban J connectivity index is 1.45. The number of benzene rings is 2. The molecule has 2 amide bonds. The Morgan fingerprint density at radius 3 is 2.31 bits per heavy atom. The monoisotopic (exact) mass is 570 g/mol. The number of hydrazone groups is 1. The van der Waals surface area contributed by atoms with Gasteiger partial charge >= 0.3 is 11.8 Å². The van der Waals surface area contributed by atoms with Crippen molar-refractivity contribution in [1.82, 2.24) is 14.6 Å². The van der Waals surface area contributed by atoms with Crippen LogP contribution in [0.4, 0.5) is 0 Å². The summed E-state index contributed by atoms with van der Waals surface area (Å²) in [5, 5.41) is 4.40. The fourth-order valence-electron chi connectivity index (χ4n) is 4.22. The van der Waals surface area contributed by atoms with Crippen molar-refractivity contribution in [2.24, 2.45) is 5.10 Å². The molecular formula is C28H31ClN4O5S. The molecule has 0 radical (unpaired) electrons. The van der Waals surface area contributed by atoms with Gasteiger partial charge in [0.15, 0.2) is 0 Å². The molecule has 0 spiro atoms. The van der Waals surface area contributed by atoms with Gasteiger partial charge in [0.25, 0.3) is 0 Å². The lowest BCUT2D eigenvalue weighted by Gasteiger charge is -2.21. The maximum Gasteiger partial charge on any atom is 0.329 e. The first kappa shape index (κ1) is 28.5. The second-order valence-electron chi connectivity index (χ2n) is 9.42. The third-order valence-corrected chi connectivity index (χ3v) is 8.45. The second-order valence-corrected chi connectivity index (χ2v) is 11.8. The van der Waals surface area contributed by atoms with Crippen LogP contribution in [-0.4, -0.2) is 48.7 Å². The van der Waals surface area contributed by atoms with Gasteiger partial charge in [-0.2, -0.15) is 9.41 Å². The summed E-state index contributed by atoms with van der Waals surface area (Å²) in [6.45, 7) is 3.09. The number of amides is 2. The van der Waals surface area contributed by atoms with Gasteiger partial charge in [0.2, 0.25) is 10.0 Å². The van der Waals surface area contributed by atoms with Crippen molar-refractivity contribution in [3.8, 4) is 0 Å². The quantitative estimate of drug-likeness (QED) is 0.244. The van der Waals surface area contributed by atoms with Gasteiger partial charge in [-0.15, -0.1) is 0 Å². The molecule has 1 N–H and O–H groups in total. The second kappa shape index (κ2) is 13.1. The van der Waals surface area contributed by atoms with Gasteiger partial charge in [-0.05, 0) is 61.7 Å². The first-order valence-electron chi connectivity index (χ1n) is 12.7. The Bertz CT molecular complexity index is 1410. The van der Waals surface area contributed by atoms with E-state index in [2.05, 4.69) is 10.5 Å². The number of sulfonamides is 1. The highest BCUT2D eigenvalue weighted by Crippen LogP contribution is 2.23. The largest absolute Gasteiger partial charge is 0.459 e. The molecule has 0 bridgehead atoms. The number of nitrogens with zero attached hydrogens (tertiary/aromatic N) is 3. The maximum absolute atomic E-state index is 13.5. The number of rotatable bonds is 8. The molecule has 39 heavy (non-hydrogen) atoms. The topological polar surface area (TPSA) is 112 Å². The standard InChI is InChI=1S/C28H31ClN4O5S/c1-21-6-14-26(15-7-21)39(36,37)33(19-22-8-10-23(29)11-9-22)20-25-13-12-24(38-25)18-30-31-27(34)28(35)32-16-4-2-3-5-17-32/h6-15,18H,2-5,16-17,19-20H2,1H3,(H,31,34)/b30-18+. The van der Waals surface area contributed by atoms with Crippen LogP contribution in [0.15, 0.2) is 75.1 Å². The minimum Gasteiger partial charge on any atom is -0.459 e. The average Bonchev–Trinajstić information content (AvgIpc) is 3.19. The maximum atomic E-state index is 13.5. The van der Waals surface area contributed by atoms with Crippen molar-refractivity contribution in [3.05, 3.63) is 88.3 Å². The molecule has 2 heterocycles. The summed E-state index contributed by atoms with van der Waals surface area (Å²) >= 11 is 6.00. The number of nitrogens with one attached hydrogen (secondary N) is 1.